The summed E-state index contributed by atoms with van der Waals surface area (Å²) in [7, 11) is 0.746. The molecule has 0 unspecified atom stereocenters. The number of hydrogen-bond acceptors (Lipinski definition) is 6. The maximum atomic E-state index is 13.0. The van der Waals surface area contributed by atoms with Gasteiger partial charge in [0, 0.05) is 45.6 Å². The lowest BCUT2D eigenvalue weighted by atomic mass is 9.84. The highest BCUT2D eigenvalue weighted by molar-refractivity contribution is 6.76. The number of pyridine rings is 1. The normalized spacial score (nSPS) is 21.1. The molecule has 1 aliphatic carbocycles. The maximum Gasteiger partial charge on any atom is 0.258 e. The van der Waals surface area contributed by atoms with Gasteiger partial charge in [-0.1, -0.05) is 19.6 Å². The molecule has 184 valence electrons. The molecule has 1 aliphatic heterocycles. The fourth-order valence-electron chi connectivity index (χ4n) is 5.10. The molecule has 2 aromatic rings. The topological polar surface area (TPSA) is 86.4 Å². The van der Waals surface area contributed by atoms with E-state index in [1.807, 2.05) is 13.2 Å². The minimum atomic E-state index is -1.13. The lowest BCUT2D eigenvalue weighted by Crippen LogP contribution is -2.50. The Balaban J connectivity index is 1.53. The Morgan fingerprint density at radius 1 is 1.26 bits per heavy atom. The van der Waals surface area contributed by atoms with Crippen molar-refractivity contribution >= 4 is 30.7 Å². The molecular weight excluding hydrogens is 444 g/mol. The zero-order valence-electron chi connectivity index (χ0n) is 21.0. The first-order valence-corrected chi connectivity index (χ1v) is 16.1. The number of carbonyl (C=O) groups is 1. The van der Waals surface area contributed by atoms with Gasteiger partial charge in [0.2, 0.25) is 0 Å². The number of nitriles is 1. The van der Waals surface area contributed by atoms with Crippen LogP contribution in [0.1, 0.15) is 36.0 Å². The van der Waals surface area contributed by atoms with E-state index in [1.165, 1.54) is 0 Å². The summed E-state index contributed by atoms with van der Waals surface area (Å²) >= 11 is 0. The van der Waals surface area contributed by atoms with Crippen LogP contribution in [0.25, 0.3) is 11.0 Å². The fraction of sp³-hybridized carbons (Fsp3) is 0.640. The zero-order valence-corrected chi connectivity index (χ0v) is 22.0. The summed E-state index contributed by atoms with van der Waals surface area (Å²) in [5.74, 6) is 0.647. The quantitative estimate of drug-likeness (QED) is 0.332. The molecule has 2 aliphatic rings. The van der Waals surface area contributed by atoms with Gasteiger partial charge in [-0.2, -0.15) is 5.26 Å². The molecule has 8 nitrogen and oxygen atoms in total. The smallest absolute Gasteiger partial charge is 0.258 e. The Morgan fingerprint density at radius 3 is 2.74 bits per heavy atom. The molecule has 1 fully saturated rings. The molecule has 0 atom stereocenters. The lowest BCUT2D eigenvalue weighted by Gasteiger charge is -2.44. The molecule has 0 spiro atoms. The van der Waals surface area contributed by atoms with Crippen molar-refractivity contribution < 1.29 is 9.53 Å². The van der Waals surface area contributed by atoms with Gasteiger partial charge in [-0.3, -0.25) is 4.79 Å². The first kappa shape index (κ1) is 24.7. The Morgan fingerprint density at radius 2 is 2.03 bits per heavy atom. The van der Waals surface area contributed by atoms with Gasteiger partial charge in [-0.05, 0) is 50.3 Å². The van der Waals surface area contributed by atoms with Crippen molar-refractivity contribution in [2.75, 3.05) is 38.3 Å². The van der Waals surface area contributed by atoms with E-state index in [4.69, 9.17) is 10.00 Å². The van der Waals surface area contributed by atoms with Crippen LogP contribution in [0, 0.1) is 17.2 Å². The Hall–Kier alpha value is -2.41. The van der Waals surface area contributed by atoms with E-state index < -0.39 is 8.07 Å². The van der Waals surface area contributed by atoms with E-state index >= 15 is 0 Å². The van der Waals surface area contributed by atoms with Crippen LogP contribution in [0.4, 0.5) is 5.69 Å². The minimum absolute atomic E-state index is 0.0363. The second-order valence-electron chi connectivity index (χ2n) is 11.0. The molecule has 0 saturated heterocycles. The number of nitrogens with zero attached hydrogens (tertiary/aromatic N) is 5. The molecule has 1 saturated carbocycles. The first-order chi connectivity index (χ1) is 16.3. The van der Waals surface area contributed by atoms with Crippen molar-refractivity contribution in [2.24, 2.45) is 5.92 Å². The van der Waals surface area contributed by atoms with Crippen molar-refractivity contribution in [2.45, 2.75) is 64.1 Å². The third-order valence-electron chi connectivity index (χ3n) is 7.11. The number of fused-ring (bicyclic) bond motifs is 3. The molecule has 3 heterocycles. The molecule has 1 amide bonds. The van der Waals surface area contributed by atoms with Crippen LogP contribution in [0.2, 0.25) is 25.7 Å². The SMILES string of the molecule is CN1CN([C@H]2CC[C@H](CNCC#N)CC2)c2c(cnc3c2ccn3COCC[Si](C)(C)C)C1=O. The maximum absolute atomic E-state index is 13.0. The van der Waals surface area contributed by atoms with Crippen LogP contribution in [0.15, 0.2) is 18.5 Å². The van der Waals surface area contributed by atoms with Crippen LogP contribution < -0.4 is 10.2 Å². The van der Waals surface area contributed by atoms with Gasteiger partial charge in [0.1, 0.15) is 12.4 Å². The van der Waals surface area contributed by atoms with E-state index in [0.717, 1.165) is 61.6 Å². The number of amides is 1. The molecule has 4 rings (SSSR count). The summed E-state index contributed by atoms with van der Waals surface area (Å²) in [6.07, 6.45) is 8.22. The monoisotopic (exact) mass is 482 g/mol. The second-order valence-corrected chi connectivity index (χ2v) is 16.6. The second kappa shape index (κ2) is 10.5. The molecule has 34 heavy (non-hydrogen) atoms. The summed E-state index contributed by atoms with van der Waals surface area (Å²) < 4.78 is 8.04. The summed E-state index contributed by atoms with van der Waals surface area (Å²) in [4.78, 5) is 21.9. The average molecular weight is 483 g/mol. The van der Waals surface area contributed by atoms with E-state index in [0.29, 0.717) is 37.5 Å². The number of anilines is 1. The third-order valence-corrected chi connectivity index (χ3v) is 8.81. The number of ether oxygens (including phenoxy) is 1. The van der Waals surface area contributed by atoms with Crippen molar-refractivity contribution in [1.29, 1.82) is 5.26 Å². The number of rotatable bonds is 9. The molecule has 0 bridgehead atoms. The Bertz CT molecular complexity index is 1050. The largest absolute Gasteiger partial charge is 0.361 e. The molecule has 0 radical (unpaired) electrons. The average Bonchev–Trinajstić information content (AvgIpc) is 3.22. The molecule has 0 aromatic carbocycles. The van der Waals surface area contributed by atoms with Gasteiger partial charge in [0.25, 0.3) is 5.91 Å². The molecular formula is C25H38N6O2Si. The van der Waals surface area contributed by atoms with Crippen LogP contribution >= 0.6 is 0 Å². The number of hydrogen-bond donors (Lipinski definition) is 1. The number of nitrogens with one attached hydrogen (secondary N) is 1. The predicted molar refractivity (Wildman–Crippen MR) is 138 cm³/mol. The number of aromatic nitrogens is 2. The summed E-state index contributed by atoms with van der Waals surface area (Å²) in [6.45, 7) is 10.2. The van der Waals surface area contributed by atoms with Crippen molar-refractivity contribution in [3.05, 3.63) is 24.0 Å². The molecule has 1 N–H and O–H groups in total. The van der Waals surface area contributed by atoms with Gasteiger partial charge >= 0.3 is 0 Å². The van der Waals surface area contributed by atoms with Crippen molar-refractivity contribution in [3.8, 4) is 6.07 Å². The highest BCUT2D eigenvalue weighted by atomic mass is 28.3. The fourth-order valence-corrected chi connectivity index (χ4v) is 5.85. The standard InChI is InChI=1S/C25H38N6O2Si/c1-29-17-31(20-7-5-19(6-8-20)15-27-11-10-26)23-21-9-12-30(18-33-13-14-34(2,3)4)24(21)28-16-22(23)25(29)32/h9,12,16,19-20,27H,5-8,11,13-15,17-18H2,1-4H3/t19-,20-. The highest BCUT2D eigenvalue weighted by Crippen LogP contribution is 2.39. The zero-order chi connectivity index (χ0) is 24.3. The van der Waals surface area contributed by atoms with Gasteiger partial charge in [0.05, 0.1) is 30.5 Å². The number of carbonyl (C=O) groups excluding carboxylic acids is 1. The third kappa shape index (κ3) is 5.45. The van der Waals surface area contributed by atoms with E-state index in [2.05, 4.69) is 51.5 Å². The van der Waals surface area contributed by atoms with Crippen LogP contribution in [-0.2, 0) is 11.5 Å². The Labute approximate surface area is 203 Å². The van der Waals surface area contributed by atoms with Gasteiger partial charge in [0.15, 0.2) is 0 Å². The van der Waals surface area contributed by atoms with Crippen LogP contribution in [0.3, 0.4) is 0 Å². The molecule has 2 aromatic heterocycles. The lowest BCUT2D eigenvalue weighted by molar-refractivity contribution is 0.0774. The summed E-state index contributed by atoms with van der Waals surface area (Å²) in [5, 5.41) is 13.0. The van der Waals surface area contributed by atoms with Gasteiger partial charge in [-0.25, -0.2) is 4.98 Å². The molecule has 9 heteroatoms. The predicted octanol–water partition coefficient (Wildman–Crippen LogP) is 3.87. The summed E-state index contributed by atoms with van der Waals surface area (Å²) in [6, 6.07) is 5.78. The minimum Gasteiger partial charge on any atom is -0.361 e. The Kier molecular flexibility index (Phi) is 7.60. The van der Waals surface area contributed by atoms with Crippen molar-refractivity contribution in [1.82, 2.24) is 19.8 Å². The van der Waals surface area contributed by atoms with Crippen LogP contribution in [0.5, 0.6) is 0 Å². The van der Waals surface area contributed by atoms with E-state index in [1.54, 1.807) is 11.1 Å². The van der Waals surface area contributed by atoms with Gasteiger partial charge < -0.3 is 24.4 Å². The van der Waals surface area contributed by atoms with E-state index in [-0.39, 0.29) is 5.91 Å². The summed E-state index contributed by atoms with van der Waals surface area (Å²) in [5.41, 5.74) is 2.60. The van der Waals surface area contributed by atoms with Crippen molar-refractivity contribution in [3.63, 3.8) is 0 Å². The first-order valence-electron chi connectivity index (χ1n) is 12.4. The highest BCUT2D eigenvalue weighted by Gasteiger charge is 2.35. The van der Waals surface area contributed by atoms with E-state index in [9.17, 15) is 4.79 Å². The van der Waals surface area contributed by atoms with Crippen LogP contribution in [-0.4, -0.2) is 67.9 Å². The van der Waals surface area contributed by atoms with Gasteiger partial charge in [-0.15, -0.1) is 0 Å².